The maximum absolute atomic E-state index is 12.7. The van der Waals surface area contributed by atoms with E-state index in [0.29, 0.717) is 36.6 Å². The number of aryl methyl sites for hydroxylation is 1. The molecule has 1 aromatic heterocycles. The number of likely N-dealkylation sites (N-methyl/N-ethyl adjacent to an activating group) is 1. The van der Waals surface area contributed by atoms with Gasteiger partial charge in [0.1, 0.15) is 12.4 Å². The third kappa shape index (κ3) is 5.73. The van der Waals surface area contributed by atoms with Crippen LogP contribution in [-0.2, 0) is 11.4 Å². The first-order chi connectivity index (χ1) is 15.6. The van der Waals surface area contributed by atoms with E-state index in [-0.39, 0.29) is 24.4 Å². The van der Waals surface area contributed by atoms with E-state index in [1.165, 1.54) is 11.8 Å². The van der Waals surface area contributed by atoms with Gasteiger partial charge >= 0.3 is 0 Å². The lowest BCUT2D eigenvalue weighted by molar-refractivity contribution is -0.129. The molecule has 0 N–H and O–H groups in total. The molecule has 168 valence electrons. The van der Waals surface area contributed by atoms with Crippen molar-refractivity contribution in [3.63, 3.8) is 0 Å². The number of aromatic nitrogens is 2. The first kappa shape index (κ1) is 22.0. The predicted molar refractivity (Wildman–Crippen MR) is 119 cm³/mol. The first-order valence-electron chi connectivity index (χ1n) is 10.4. The normalized spacial score (nSPS) is 14.8. The number of hydrogen-bond donors (Lipinski definition) is 0. The van der Waals surface area contributed by atoms with E-state index in [1.807, 2.05) is 62.4 Å². The van der Waals surface area contributed by atoms with Gasteiger partial charge in [0.2, 0.25) is 5.91 Å². The van der Waals surface area contributed by atoms with Crippen molar-refractivity contribution in [2.24, 2.45) is 0 Å². The second kappa shape index (κ2) is 10.4. The van der Waals surface area contributed by atoms with Gasteiger partial charge in [-0.1, -0.05) is 41.6 Å². The maximum atomic E-state index is 12.7. The van der Waals surface area contributed by atoms with Crippen LogP contribution in [0.25, 0.3) is 0 Å². The number of amides is 1. The zero-order valence-corrected chi connectivity index (χ0v) is 18.8. The number of benzene rings is 2. The summed E-state index contributed by atoms with van der Waals surface area (Å²) in [4.78, 5) is 14.4. The van der Waals surface area contributed by atoms with Gasteiger partial charge in [-0.3, -0.25) is 4.79 Å². The van der Waals surface area contributed by atoms with Crippen molar-refractivity contribution in [3.05, 3.63) is 60.0 Å². The Hall–Kier alpha value is -3.20. The molecule has 4 rings (SSSR count). The molecule has 8 nitrogen and oxygen atoms in total. The zero-order valence-electron chi connectivity index (χ0n) is 18.0. The summed E-state index contributed by atoms with van der Waals surface area (Å²) in [6.07, 6.45) is -0.215. The number of carbonyl (C=O) groups is 1. The number of hydrogen-bond acceptors (Lipinski definition) is 8. The van der Waals surface area contributed by atoms with E-state index in [0.717, 1.165) is 17.1 Å². The highest BCUT2D eigenvalue weighted by molar-refractivity contribution is 7.99. The van der Waals surface area contributed by atoms with Crippen LogP contribution in [0.2, 0.25) is 0 Å². The third-order valence-corrected chi connectivity index (χ3v) is 5.68. The molecule has 0 aliphatic carbocycles. The highest BCUT2D eigenvalue weighted by Crippen LogP contribution is 2.31. The second-order valence-electron chi connectivity index (χ2n) is 7.28. The summed E-state index contributed by atoms with van der Waals surface area (Å²) in [6.45, 7) is 5.55. The Bertz CT molecular complexity index is 1040. The molecule has 1 aliphatic rings. The molecule has 32 heavy (non-hydrogen) atoms. The number of fused-ring (bicyclic) bond motifs is 1. The summed E-state index contributed by atoms with van der Waals surface area (Å²) in [7, 11) is 0. The van der Waals surface area contributed by atoms with E-state index in [1.54, 1.807) is 4.90 Å². The lowest BCUT2D eigenvalue weighted by Gasteiger charge is -2.30. The molecule has 1 amide bonds. The molecule has 1 atom stereocenters. The third-order valence-electron chi connectivity index (χ3n) is 4.88. The molecule has 2 heterocycles. The summed E-state index contributed by atoms with van der Waals surface area (Å²) in [5, 5.41) is 8.31. The van der Waals surface area contributed by atoms with Gasteiger partial charge in [-0.2, -0.15) is 0 Å². The van der Waals surface area contributed by atoms with Crippen LogP contribution >= 0.6 is 11.8 Å². The predicted octanol–water partition coefficient (Wildman–Crippen LogP) is 3.74. The van der Waals surface area contributed by atoms with E-state index in [4.69, 9.17) is 18.6 Å². The molecule has 0 saturated heterocycles. The quantitative estimate of drug-likeness (QED) is 0.451. The standard InChI is InChI=1S/C23H25N3O5S/c1-3-26(12-18-13-29-19-6-4-5-7-20(19)30-18)22(27)15-32-23-25-24-21(31-23)14-28-17-10-8-16(2)9-11-17/h4-11,18H,3,12-15H2,1-2H3. The van der Waals surface area contributed by atoms with Gasteiger partial charge in [0.15, 0.2) is 24.2 Å². The van der Waals surface area contributed by atoms with Crippen LogP contribution in [-0.4, -0.2) is 52.6 Å². The van der Waals surface area contributed by atoms with Gasteiger partial charge in [0, 0.05) is 6.54 Å². The van der Waals surface area contributed by atoms with Crippen LogP contribution in [0.4, 0.5) is 0 Å². The zero-order chi connectivity index (χ0) is 22.3. The molecule has 0 spiro atoms. The van der Waals surface area contributed by atoms with Gasteiger partial charge in [-0.05, 0) is 38.1 Å². The van der Waals surface area contributed by atoms with Crippen LogP contribution in [0.15, 0.2) is 58.2 Å². The van der Waals surface area contributed by atoms with Crippen LogP contribution in [0.1, 0.15) is 18.4 Å². The highest BCUT2D eigenvalue weighted by Gasteiger charge is 2.25. The number of carbonyl (C=O) groups excluding carboxylic acids is 1. The molecule has 2 aromatic carbocycles. The van der Waals surface area contributed by atoms with Crippen LogP contribution in [0.5, 0.6) is 17.2 Å². The van der Waals surface area contributed by atoms with Crippen molar-refractivity contribution in [2.75, 3.05) is 25.4 Å². The van der Waals surface area contributed by atoms with Crippen LogP contribution in [0, 0.1) is 6.92 Å². The molecule has 0 radical (unpaired) electrons. The van der Waals surface area contributed by atoms with E-state index < -0.39 is 0 Å². The summed E-state index contributed by atoms with van der Waals surface area (Å²) >= 11 is 1.21. The minimum absolute atomic E-state index is 0.0318. The van der Waals surface area contributed by atoms with Crippen molar-refractivity contribution >= 4 is 17.7 Å². The molecule has 1 unspecified atom stereocenters. The Balaban J connectivity index is 1.24. The fourth-order valence-electron chi connectivity index (χ4n) is 3.16. The minimum atomic E-state index is -0.215. The number of para-hydroxylation sites is 2. The summed E-state index contributed by atoms with van der Waals surface area (Å²) in [6, 6.07) is 15.3. The Morgan fingerprint density at radius 2 is 1.94 bits per heavy atom. The van der Waals surface area contributed by atoms with Crippen molar-refractivity contribution in [1.29, 1.82) is 0 Å². The number of rotatable bonds is 9. The van der Waals surface area contributed by atoms with Gasteiger partial charge in [-0.25, -0.2) is 0 Å². The van der Waals surface area contributed by atoms with Crippen LogP contribution in [0.3, 0.4) is 0 Å². The number of nitrogens with zero attached hydrogens (tertiary/aromatic N) is 3. The lowest BCUT2D eigenvalue weighted by atomic mass is 10.2. The molecule has 0 saturated carbocycles. The smallest absolute Gasteiger partial charge is 0.277 e. The fourth-order valence-corrected chi connectivity index (χ4v) is 3.84. The second-order valence-corrected chi connectivity index (χ2v) is 8.21. The van der Waals surface area contributed by atoms with E-state index in [9.17, 15) is 4.79 Å². The Morgan fingerprint density at radius 1 is 1.16 bits per heavy atom. The number of thioether (sulfide) groups is 1. The fraction of sp³-hybridized carbons (Fsp3) is 0.348. The summed E-state index contributed by atoms with van der Waals surface area (Å²) in [5.74, 6) is 2.68. The topological polar surface area (TPSA) is 86.9 Å². The summed E-state index contributed by atoms with van der Waals surface area (Å²) < 4.78 is 22.9. The Kier molecular flexibility index (Phi) is 7.16. The molecule has 0 fully saturated rings. The first-order valence-corrected chi connectivity index (χ1v) is 11.4. The average Bonchev–Trinajstić information content (AvgIpc) is 3.28. The van der Waals surface area contributed by atoms with Crippen molar-refractivity contribution in [1.82, 2.24) is 15.1 Å². The average molecular weight is 456 g/mol. The maximum Gasteiger partial charge on any atom is 0.277 e. The van der Waals surface area contributed by atoms with E-state index >= 15 is 0 Å². The molecule has 0 bridgehead atoms. The Morgan fingerprint density at radius 3 is 2.72 bits per heavy atom. The Labute approximate surface area is 190 Å². The molecule has 9 heteroatoms. The highest BCUT2D eigenvalue weighted by atomic mass is 32.2. The summed E-state index contributed by atoms with van der Waals surface area (Å²) in [5.41, 5.74) is 1.16. The van der Waals surface area contributed by atoms with Gasteiger partial charge < -0.3 is 23.5 Å². The van der Waals surface area contributed by atoms with Gasteiger partial charge in [0.05, 0.1) is 12.3 Å². The van der Waals surface area contributed by atoms with Crippen molar-refractivity contribution in [2.45, 2.75) is 31.8 Å². The number of ether oxygens (including phenoxy) is 3. The van der Waals surface area contributed by atoms with E-state index in [2.05, 4.69) is 10.2 Å². The molecule has 3 aromatic rings. The molecule has 1 aliphatic heterocycles. The van der Waals surface area contributed by atoms with Crippen LogP contribution < -0.4 is 14.2 Å². The van der Waals surface area contributed by atoms with Gasteiger partial charge in [0.25, 0.3) is 11.1 Å². The molecular weight excluding hydrogens is 430 g/mol. The SMILES string of the molecule is CCN(CC1COc2ccccc2O1)C(=O)CSc1nnc(COc2ccc(C)cc2)o1. The van der Waals surface area contributed by atoms with Crippen molar-refractivity contribution in [3.8, 4) is 17.2 Å². The largest absolute Gasteiger partial charge is 0.486 e. The molecular formula is C23H25N3O5S. The monoisotopic (exact) mass is 455 g/mol. The minimum Gasteiger partial charge on any atom is -0.486 e. The van der Waals surface area contributed by atoms with Crippen molar-refractivity contribution < 1.29 is 23.4 Å². The van der Waals surface area contributed by atoms with Gasteiger partial charge in [-0.15, -0.1) is 10.2 Å². The lowest BCUT2D eigenvalue weighted by Crippen LogP contribution is -2.44.